The van der Waals surface area contributed by atoms with Crippen LogP contribution in [0.3, 0.4) is 0 Å². The van der Waals surface area contributed by atoms with Crippen molar-refractivity contribution in [3.8, 4) is 5.69 Å². The molecule has 0 spiro atoms. The second kappa shape index (κ2) is 7.05. The molecule has 0 aliphatic carbocycles. The molecule has 0 bridgehead atoms. The standard InChI is InChI=1S/C18H24N4O2/c1-13-9-14(2)22(20-13)17-6-4-3-5-16(17)10-19-18(24)21-8-7-15(11-21)12-23/h3-6,9,15,23H,7-8,10-12H2,1-2H3,(H,19,24). The van der Waals surface area contributed by atoms with Gasteiger partial charge in [-0.1, -0.05) is 18.2 Å². The monoisotopic (exact) mass is 328 g/mol. The maximum Gasteiger partial charge on any atom is 0.317 e. The van der Waals surface area contributed by atoms with Crippen LogP contribution in [0.2, 0.25) is 0 Å². The van der Waals surface area contributed by atoms with Crippen LogP contribution >= 0.6 is 0 Å². The number of carbonyl (C=O) groups is 1. The molecule has 1 aliphatic rings. The average Bonchev–Trinajstić information content (AvgIpc) is 3.19. The van der Waals surface area contributed by atoms with Crippen LogP contribution in [-0.2, 0) is 6.54 Å². The number of amides is 2. The predicted molar refractivity (Wildman–Crippen MR) is 92.0 cm³/mol. The summed E-state index contributed by atoms with van der Waals surface area (Å²) in [6.07, 6.45) is 0.867. The maximum atomic E-state index is 12.3. The average molecular weight is 328 g/mol. The molecule has 2 amide bonds. The lowest BCUT2D eigenvalue weighted by atomic mass is 10.1. The molecule has 1 aromatic heterocycles. The number of benzene rings is 1. The lowest BCUT2D eigenvalue weighted by Gasteiger charge is -2.18. The van der Waals surface area contributed by atoms with Crippen LogP contribution in [0, 0.1) is 19.8 Å². The SMILES string of the molecule is Cc1cc(C)n(-c2ccccc2CNC(=O)N2CCC(CO)C2)n1. The first-order valence-corrected chi connectivity index (χ1v) is 8.33. The summed E-state index contributed by atoms with van der Waals surface area (Å²) in [4.78, 5) is 14.1. The fourth-order valence-corrected chi connectivity index (χ4v) is 3.19. The van der Waals surface area contributed by atoms with Gasteiger partial charge in [0.2, 0.25) is 0 Å². The zero-order chi connectivity index (χ0) is 17.1. The molecule has 0 saturated carbocycles. The first kappa shape index (κ1) is 16.5. The molecule has 1 unspecified atom stereocenters. The highest BCUT2D eigenvalue weighted by Gasteiger charge is 2.25. The third-order valence-electron chi connectivity index (χ3n) is 4.49. The van der Waals surface area contributed by atoms with Crippen LogP contribution in [0.25, 0.3) is 5.69 Å². The van der Waals surface area contributed by atoms with Gasteiger partial charge in [-0.2, -0.15) is 5.10 Å². The summed E-state index contributed by atoms with van der Waals surface area (Å²) >= 11 is 0. The Bertz CT molecular complexity index is 726. The number of likely N-dealkylation sites (tertiary alicyclic amines) is 1. The third-order valence-corrected chi connectivity index (χ3v) is 4.49. The molecule has 1 aromatic carbocycles. The number of urea groups is 1. The fraction of sp³-hybridized carbons (Fsp3) is 0.444. The fourth-order valence-electron chi connectivity index (χ4n) is 3.19. The number of para-hydroxylation sites is 1. The van der Waals surface area contributed by atoms with Gasteiger partial charge in [0.25, 0.3) is 0 Å². The molecule has 2 N–H and O–H groups in total. The van der Waals surface area contributed by atoms with Gasteiger partial charge in [-0.3, -0.25) is 0 Å². The Morgan fingerprint density at radius 3 is 2.83 bits per heavy atom. The number of aliphatic hydroxyl groups excluding tert-OH is 1. The zero-order valence-corrected chi connectivity index (χ0v) is 14.2. The highest BCUT2D eigenvalue weighted by atomic mass is 16.3. The molecule has 2 aromatic rings. The highest BCUT2D eigenvalue weighted by Crippen LogP contribution is 2.18. The van der Waals surface area contributed by atoms with E-state index >= 15 is 0 Å². The van der Waals surface area contributed by atoms with E-state index < -0.39 is 0 Å². The summed E-state index contributed by atoms with van der Waals surface area (Å²) in [5, 5.41) is 16.7. The molecular formula is C18H24N4O2. The zero-order valence-electron chi connectivity index (χ0n) is 14.2. The Kier molecular flexibility index (Phi) is 4.85. The van der Waals surface area contributed by atoms with E-state index in [-0.39, 0.29) is 18.6 Å². The van der Waals surface area contributed by atoms with Crippen molar-refractivity contribution in [2.45, 2.75) is 26.8 Å². The van der Waals surface area contributed by atoms with Crippen molar-refractivity contribution < 1.29 is 9.90 Å². The van der Waals surface area contributed by atoms with E-state index in [4.69, 9.17) is 0 Å². The topological polar surface area (TPSA) is 70.4 Å². The van der Waals surface area contributed by atoms with Gasteiger partial charge in [-0.15, -0.1) is 0 Å². The summed E-state index contributed by atoms with van der Waals surface area (Å²) < 4.78 is 1.91. The van der Waals surface area contributed by atoms with Crippen molar-refractivity contribution in [2.24, 2.45) is 5.92 Å². The van der Waals surface area contributed by atoms with Crippen LogP contribution in [0.15, 0.2) is 30.3 Å². The number of rotatable bonds is 4. The molecule has 1 aliphatic heterocycles. The van der Waals surface area contributed by atoms with Crippen molar-refractivity contribution in [1.82, 2.24) is 20.0 Å². The first-order chi connectivity index (χ1) is 11.6. The summed E-state index contributed by atoms with van der Waals surface area (Å²) in [5.41, 5.74) is 4.04. The first-order valence-electron chi connectivity index (χ1n) is 8.33. The van der Waals surface area contributed by atoms with Gasteiger partial charge in [0, 0.05) is 37.9 Å². The highest BCUT2D eigenvalue weighted by molar-refractivity contribution is 5.74. The van der Waals surface area contributed by atoms with E-state index in [1.807, 2.05) is 48.9 Å². The Morgan fingerprint density at radius 1 is 1.38 bits per heavy atom. The van der Waals surface area contributed by atoms with Gasteiger partial charge in [0.05, 0.1) is 11.4 Å². The number of aryl methyl sites for hydroxylation is 2. The van der Waals surface area contributed by atoms with Crippen molar-refractivity contribution >= 4 is 6.03 Å². The third kappa shape index (κ3) is 3.43. The molecule has 1 fully saturated rings. The lowest BCUT2D eigenvalue weighted by Crippen LogP contribution is -2.38. The normalized spacial score (nSPS) is 17.3. The van der Waals surface area contributed by atoms with Gasteiger partial charge in [0.15, 0.2) is 0 Å². The van der Waals surface area contributed by atoms with Gasteiger partial charge >= 0.3 is 6.03 Å². The number of nitrogens with zero attached hydrogens (tertiary/aromatic N) is 3. The smallest absolute Gasteiger partial charge is 0.317 e. The van der Waals surface area contributed by atoms with Gasteiger partial charge < -0.3 is 15.3 Å². The summed E-state index contributed by atoms with van der Waals surface area (Å²) in [6, 6.07) is 9.92. The molecule has 6 nitrogen and oxygen atoms in total. The van der Waals surface area contributed by atoms with E-state index in [9.17, 15) is 9.90 Å². The maximum absolute atomic E-state index is 12.3. The van der Waals surface area contributed by atoms with Crippen molar-refractivity contribution in [3.63, 3.8) is 0 Å². The van der Waals surface area contributed by atoms with Crippen molar-refractivity contribution in [3.05, 3.63) is 47.3 Å². The number of aromatic nitrogens is 2. The van der Waals surface area contributed by atoms with E-state index in [1.165, 1.54) is 0 Å². The van der Waals surface area contributed by atoms with E-state index in [0.717, 1.165) is 29.1 Å². The largest absolute Gasteiger partial charge is 0.396 e. The van der Waals surface area contributed by atoms with Crippen LogP contribution in [-0.4, -0.2) is 45.5 Å². The molecule has 0 radical (unpaired) electrons. The second-order valence-corrected chi connectivity index (χ2v) is 6.41. The number of aliphatic hydroxyl groups is 1. The van der Waals surface area contributed by atoms with Gasteiger partial charge in [-0.25, -0.2) is 9.48 Å². The van der Waals surface area contributed by atoms with E-state index in [1.54, 1.807) is 4.90 Å². The minimum absolute atomic E-state index is 0.0749. The predicted octanol–water partition coefficient (Wildman–Crippen LogP) is 2.01. The van der Waals surface area contributed by atoms with E-state index in [2.05, 4.69) is 10.4 Å². The molecule has 1 saturated heterocycles. The van der Waals surface area contributed by atoms with Crippen molar-refractivity contribution in [2.75, 3.05) is 19.7 Å². The Hall–Kier alpha value is -2.34. The van der Waals surface area contributed by atoms with E-state index in [0.29, 0.717) is 19.6 Å². The quantitative estimate of drug-likeness (QED) is 0.902. The van der Waals surface area contributed by atoms with Crippen molar-refractivity contribution in [1.29, 1.82) is 0 Å². The number of hydrogen-bond donors (Lipinski definition) is 2. The summed E-state index contributed by atoms with van der Waals surface area (Å²) in [7, 11) is 0. The van der Waals surface area contributed by atoms with Gasteiger partial charge in [0.1, 0.15) is 0 Å². The minimum Gasteiger partial charge on any atom is -0.396 e. The van der Waals surface area contributed by atoms with Crippen LogP contribution in [0.1, 0.15) is 23.4 Å². The number of hydrogen-bond acceptors (Lipinski definition) is 3. The van der Waals surface area contributed by atoms with Crippen LogP contribution in [0.4, 0.5) is 4.79 Å². The summed E-state index contributed by atoms with van der Waals surface area (Å²) in [5.74, 6) is 0.206. The Morgan fingerprint density at radius 2 is 2.17 bits per heavy atom. The van der Waals surface area contributed by atoms with Gasteiger partial charge in [-0.05, 0) is 38.0 Å². The Balaban J connectivity index is 1.70. The molecular weight excluding hydrogens is 304 g/mol. The minimum atomic E-state index is -0.0749. The molecule has 3 rings (SSSR count). The molecule has 1 atom stereocenters. The summed E-state index contributed by atoms with van der Waals surface area (Å²) in [6.45, 7) is 5.92. The Labute approximate surface area is 142 Å². The molecule has 6 heteroatoms. The molecule has 24 heavy (non-hydrogen) atoms. The molecule has 2 heterocycles. The lowest BCUT2D eigenvalue weighted by molar-refractivity contribution is 0.198. The number of carbonyl (C=O) groups excluding carboxylic acids is 1. The van der Waals surface area contributed by atoms with Crippen LogP contribution < -0.4 is 5.32 Å². The second-order valence-electron chi connectivity index (χ2n) is 6.41. The number of nitrogens with one attached hydrogen (secondary N) is 1. The van der Waals surface area contributed by atoms with Crippen LogP contribution in [0.5, 0.6) is 0 Å². The molecule has 128 valence electrons.